The van der Waals surface area contributed by atoms with Crippen LogP contribution in [0, 0.1) is 0 Å². The number of benzene rings is 1. The third-order valence-corrected chi connectivity index (χ3v) is 4.67. The molecular formula is C18H22N2O2S. The third kappa shape index (κ3) is 5.60. The molecule has 0 spiro atoms. The van der Waals surface area contributed by atoms with E-state index in [0.717, 1.165) is 36.3 Å². The minimum atomic E-state index is -0.327. The molecule has 1 N–H and O–H groups in total. The van der Waals surface area contributed by atoms with Gasteiger partial charge in [0, 0.05) is 23.7 Å². The molecule has 0 fully saturated rings. The zero-order valence-electron chi connectivity index (χ0n) is 13.2. The molecule has 4 nitrogen and oxygen atoms in total. The summed E-state index contributed by atoms with van der Waals surface area (Å²) in [5.74, 6) is 1.04. The van der Waals surface area contributed by atoms with Crippen molar-refractivity contribution in [2.45, 2.75) is 32.2 Å². The maximum Gasteiger partial charge on any atom is 0.328 e. The molecule has 122 valence electrons. The van der Waals surface area contributed by atoms with Crippen LogP contribution >= 0.6 is 11.8 Å². The Morgan fingerprint density at radius 1 is 1.04 bits per heavy atom. The highest BCUT2D eigenvalue weighted by Crippen LogP contribution is 2.26. The molecule has 0 unspecified atom stereocenters. The molecule has 0 radical (unpaired) electrons. The monoisotopic (exact) mass is 330 g/mol. The van der Waals surface area contributed by atoms with Gasteiger partial charge in [0.1, 0.15) is 0 Å². The van der Waals surface area contributed by atoms with Gasteiger partial charge in [0.25, 0.3) is 5.56 Å². The zero-order valence-corrected chi connectivity index (χ0v) is 14.0. The average molecular weight is 330 g/mol. The fourth-order valence-electron chi connectivity index (χ4n) is 2.29. The summed E-state index contributed by atoms with van der Waals surface area (Å²) in [4.78, 5) is 26.7. The second kappa shape index (κ2) is 9.20. The van der Waals surface area contributed by atoms with Gasteiger partial charge in [0.05, 0.1) is 0 Å². The van der Waals surface area contributed by atoms with Gasteiger partial charge in [-0.3, -0.25) is 9.36 Å². The van der Waals surface area contributed by atoms with Crippen molar-refractivity contribution in [3.63, 3.8) is 0 Å². The predicted octanol–water partition coefficient (Wildman–Crippen LogP) is 3.50. The Kier molecular flexibility index (Phi) is 6.94. The number of aromatic nitrogens is 2. The Morgan fingerprint density at radius 3 is 2.52 bits per heavy atom. The normalized spacial score (nSPS) is 10.6. The summed E-state index contributed by atoms with van der Waals surface area (Å²) < 4.78 is 1.26. The van der Waals surface area contributed by atoms with Crippen LogP contribution in [0.15, 0.2) is 58.8 Å². The highest BCUT2D eigenvalue weighted by atomic mass is 32.2. The summed E-state index contributed by atoms with van der Waals surface area (Å²) in [6.07, 6.45) is 5.44. The molecule has 0 aliphatic heterocycles. The SMILES string of the molecule is C=C(SCCCCCCn1c(=O)cc[nH]c1=O)c1ccccc1. The van der Waals surface area contributed by atoms with Crippen molar-refractivity contribution in [1.29, 1.82) is 0 Å². The van der Waals surface area contributed by atoms with Gasteiger partial charge in [0.15, 0.2) is 0 Å². The first-order valence-electron chi connectivity index (χ1n) is 7.84. The molecule has 5 heteroatoms. The zero-order chi connectivity index (χ0) is 16.5. The standard InChI is InChI=1S/C18H22N2O2S/c1-15(16-9-5-4-6-10-16)23-14-8-3-2-7-13-20-17(21)11-12-19-18(20)22/h4-6,9-12H,1-3,7-8,13-14H2,(H,19,22). The van der Waals surface area contributed by atoms with Crippen molar-refractivity contribution < 1.29 is 0 Å². The number of hydrogen-bond donors (Lipinski definition) is 1. The lowest BCUT2D eigenvalue weighted by atomic mass is 10.2. The summed E-state index contributed by atoms with van der Waals surface area (Å²) in [5, 5.41) is 0. The van der Waals surface area contributed by atoms with Gasteiger partial charge in [-0.05, 0) is 24.2 Å². The van der Waals surface area contributed by atoms with Gasteiger partial charge in [-0.1, -0.05) is 49.8 Å². The number of unbranched alkanes of at least 4 members (excludes halogenated alkanes) is 3. The lowest BCUT2D eigenvalue weighted by Gasteiger charge is -2.06. The van der Waals surface area contributed by atoms with Crippen LogP contribution in [0.1, 0.15) is 31.2 Å². The van der Waals surface area contributed by atoms with Crippen LogP contribution in [0.4, 0.5) is 0 Å². The van der Waals surface area contributed by atoms with E-state index in [2.05, 4.69) is 23.7 Å². The van der Waals surface area contributed by atoms with E-state index in [-0.39, 0.29) is 11.2 Å². The van der Waals surface area contributed by atoms with E-state index in [1.54, 1.807) is 11.8 Å². The number of rotatable bonds is 9. The molecule has 1 aromatic carbocycles. The Hall–Kier alpha value is -2.01. The molecule has 0 saturated carbocycles. The van der Waals surface area contributed by atoms with Gasteiger partial charge < -0.3 is 4.98 Å². The summed E-state index contributed by atoms with van der Waals surface area (Å²) in [6.45, 7) is 4.59. The van der Waals surface area contributed by atoms with Gasteiger partial charge in [-0.2, -0.15) is 0 Å². The van der Waals surface area contributed by atoms with Crippen LogP contribution in [0.25, 0.3) is 4.91 Å². The van der Waals surface area contributed by atoms with Crippen molar-refractivity contribution >= 4 is 16.7 Å². The molecule has 0 aliphatic rings. The van der Waals surface area contributed by atoms with Crippen LogP contribution in [0.2, 0.25) is 0 Å². The Bertz CT molecular complexity index is 706. The van der Waals surface area contributed by atoms with Crippen LogP contribution in [-0.2, 0) is 6.54 Å². The minimum absolute atomic E-state index is 0.233. The molecule has 0 amide bonds. The number of aromatic amines is 1. The topological polar surface area (TPSA) is 54.9 Å². The quantitative estimate of drug-likeness (QED) is 0.716. The second-order valence-corrected chi connectivity index (χ2v) is 6.51. The van der Waals surface area contributed by atoms with Gasteiger partial charge in [-0.25, -0.2) is 4.79 Å². The molecule has 23 heavy (non-hydrogen) atoms. The van der Waals surface area contributed by atoms with Gasteiger partial charge in [0.2, 0.25) is 0 Å². The molecule has 2 aromatic rings. The molecule has 0 aliphatic carbocycles. The highest BCUT2D eigenvalue weighted by Gasteiger charge is 2.01. The summed E-state index contributed by atoms with van der Waals surface area (Å²) in [5.41, 5.74) is 0.621. The first kappa shape index (κ1) is 17.3. The fraction of sp³-hybridized carbons (Fsp3) is 0.333. The van der Waals surface area contributed by atoms with E-state index in [4.69, 9.17) is 0 Å². The van der Waals surface area contributed by atoms with E-state index in [0.29, 0.717) is 6.54 Å². The molecule has 0 saturated heterocycles. The fourth-order valence-corrected chi connectivity index (χ4v) is 3.19. The lowest BCUT2D eigenvalue weighted by Crippen LogP contribution is -2.33. The smallest absolute Gasteiger partial charge is 0.314 e. The average Bonchev–Trinajstić information content (AvgIpc) is 2.57. The van der Waals surface area contributed by atoms with Crippen LogP contribution in [0.3, 0.4) is 0 Å². The van der Waals surface area contributed by atoms with Crippen molar-refractivity contribution in [3.8, 4) is 0 Å². The third-order valence-electron chi connectivity index (χ3n) is 3.59. The number of nitrogens with zero attached hydrogens (tertiary/aromatic N) is 1. The Balaban J connectivity index is 1.61. The second-order valence-electron chi connectivity index (χ2n) is 5.32. The molecule has 2 rings (SSSR count). The first-order valence-corrected chi connectivity index (χ1v) is 8.83. The number of H-pyrrole nitrogens is 1. The van der Waals surface area contributed by atoms with Crippen LogP contribution in [-0.4, -0.2) is 15.3 Å². The largest absolute Gasteiger partial charge is 0.328 e. The Labute approximate surface area is 140 Å². The van der Waals surface area contributed by atoms with Gasteiger partial charge in [-0.15, -0.1) is 11.8 Å². The van der Waals surface area contributed by atoms with E-state index >= 15 is 0 Å². The predicted molar refractivity (Wildman–Crippen MR) is 97.7 cm³/mol. The molecule has 1 heterocycles. The summed E-state index contributed by atoms with van der Waals surface area (Å²) in [6, 6.07) is 11.6. The lowest BCUT2D eigenvalue weighted by molar-refractivity contribution is 0.551. The van der Waals surface area contributed by atoms with E-state index in [1.807, 2.05) is 18.2 Å². The summed E-state index contributed by atoms with van der Waals surface area (Å²) >= 11 is 1.78. The Morgan fingerprint density at radius 2 is 1.78 bits per heavy atom. The van der Waals surface area contributed by atoms with Crippen LogP contribution < -0.4 is 11.2 Å². The summed E-state index contributed by atoms with van der Waals surface area (Å²) in [7, 11) is 0. The van der Waals surface area contributed by atoms with E-state index < -0.39 is 0 Å². The van der Waals surface area contributed by atoms with Crippen LogP contribution in [0.5, 0.6) is 0 Å². The number of thioether (sulfide) groups is 1. The van der Waals surface area contributed by atoms with E-state index in [9.17, 15) is 9.59 Å². The van der Waals surface area contributed by atoms with Gasteiger partial charge >= 0.3 is 5.69 Å². The molecule has 0 atom stereocenters. The van der Waals surface area contributed by atoms with Crippen molar-refractivity contribution in [2.75, 3.05) is 5.75 Å². The molecular weight excluding hydrogens is 308 g/mol. The van der Waals surface area contributed by atoms with Crippen molar-refractivity contribution in [1.82, 2.24) is 9.55 Å². The molecule has 1 aromatic heterocycles. The maximum atomic E-state index is 11.5. The molecule has 0 bridgehead atoms. The highest BCUT2D eigenvalue weighted by molar-refractivity contribution is 8.08. The van der Waals surface area contributed by atoms with Crippen molar-refractivity contribution in [3.05, 3.63) is 75.6 Å². The van der Waals surface area contributed by atoms with Crippen molar-refractivity contribution in [2.24, 2.45) is 0 Å². The number of hydrogen-bond acceptors (Lipinski definition) is 3. The number of nitrogens with one attached hydrogen (secondary N) is 1. The van der Waals surface area contributed by atoms with E-state index in [1.165, 1.54) is 22.4 Å². The minimum Gasteiger partial charge on any atom is -0.314 e. The first-order chi connectivity index (χ1) is 11.2. The maximum absolute atomic E-state index is 11.5.